The van der Waals surface area contributed by atoms with Crippen LogP contribution in [0.4, 0.5) is 5.69 Å². The molecule has 0 atom stereocenters. The molecule has 5 nitrogen and oxygen atoms in total. The minimum Gasteiger partial charge on any atom is -0.368 e. The van der Waals surface area contributed by atoms with Gasteiger partial charge in [-0.3, -0.25) is 4.79 Å². The molecule has 1 aliphatic heterocycles. The highest BCUT2D eigenvalue weighted by Gasteiger charge is 2.26. The molecule has 1 aromatic heterocycles. The quantitative estimate of drug-likeness (QED) is 0.671. The molecule has 28 heavy (non-hydrogen) atoms. The number of hydrogen-bond acceptors (Lipinski definition) is 3. The SMILES string of the molecule is Cc1cc(C(=O)N2CCN(c3ccccc3C)CC2)n(-c2cccc(Cl)c2)n1. The van der Waals surface area contributed by atoms with Crippen LogP contribution >= 0.6 is 11.6 Å². The molecule has 0 aliphatic carbocycles. The molecule has 6 heteroatoms. The summed E-state index contributed by atoms with van der Waals surface area (Å²) in [5, 5.41) is 5.13. The Morgan fingerprint density at radius 2 is 1.71 bits per heavy atom. The summed E-state index contributed by atoms with van der Waals surface area (Å²) in [7, 11) is 0. The lowest BCUT2D eigenvalue weighted by Gasteiger charge is -2.36. The maximum Gasteiger partial charge on any atom is 0.272 e. The molecule has 2 heterocycles. The molecular formula is C22H23ClN4O. The van der Waals surface area contributed by atoms with E-state index in [4.69, 9.17) is 11.6 Å². The summed E-state index contributed by atoms with van der Waals surface area (Å²) in [6, 6.07) is 17.6. The minimum absolute atomic E-state index is 0.00464. The molecule has 0 unspecified atom stereocenters. The second-order valence-electron chi connectivity index (χ2n) is 7.13. The number of carbonyl (C=O) groups is 1. The van der Waals surface area contributed by atoms with Crippen molar-refractivity contribution < 1.29 is 4.79 Å². The number of nitrogens with zero attached hydrogens (tertiary/aromatic N) is 4. The summed E-state index contributed by atoms with van der Waals surface area (Å²) in [6.07, 6.45) is 0. The van der Waals surface area contributed by atoms with Gasteiger partial charge in [-0.2, -0.15) is 5.10 Å². The van der Waals surface area contributed by atoms with Crippen LogP contribution in [0.15, 0.2) is 54.6 Å². The highest BCUT2D eigenvalue weighted by atomic mass is 35.5. The molecule has 1 fully saturated rings. The average molecular weight is 395 g/mol. The highest BCUT2D eigenvalue weighted by Crippen LogP contribution is 2.22. The Labute approximate surface area is 170 Å². The topological polar surface area (TPSA) is 41.4 Å². The van der Waals surface area contributed by atoms with Gasteiger partial charge in [0.25, 0.3) is 5.91 Å². The van der Waals surface area contributed by atoms with Crippen LogP contribution in [-0.2, 0) is 0 Å². The maximum atomic E-state index is 13.2. The van der Waals surface area contributed by atoms with Gasteiger partial charge in [-0.15, -0.1) is 0 Å². The number of aryl methyl sites for hydroxylation is 2. The fourth-order valence-electron chi connectivity index (χ4n) is 3.69. The molecule has 3 aromatic rings. The molecule has 0 spiro atoms. The number of halogens is 1. The molecule has 0 saturated carbocycles. The van der Waals surface area contributed by atoms with Gasteiger partial charge in [-0.05, 0) is 49.7 Å². The van der Waals surface area contributed by atoms with E-state index in [1.165, 1.54) is 11.3 Å². The maximum absolute atomic E-state index is 13.2. The van der Waals surface area contributed by atoms with E-state index in [0.717, 1.165) is 24.5 Å². The van der Waals surface area contributed by atoms with Crippen LogP contribution in [0.1, 0.15) is 21.7 Å². The van der Waals surface area contributed by atoms with E-state index in [9.17, 15) is 4.79 Å². The summed E-state index contributed by atoms with van der Waals surface area (Å²) < 4.78 is 1.69. The van der Waals surface area contributed by atoms with Crippen LogP contribution in [0, 0.1) is 13.8 Å². The number of amides is 1. The van der Waals surface area contributed by atoms with Crippen molar-refractivity contribution in [1.82, 2.24) is 14.7 Å². The van der Waals surface area contributed by atoms with Gasteiger partial charge >= 0.3 is 0 Å². The lowest BCUT2D eigenvalue weighted by Crippen LogP contribution is -2.49. The Bertz CT molecular complexity index is 1010. The third kappa shape index (κ3) is 3.62. The number of benzene rings is 2. The third-order valence-electron chi connectivity index (χ3n) is 5.13. The third-order valence-corrected chi connectivity index (χ3v) is 5.36. The molecule has 4 rings (SSSR count). The normalized spacial score (nSPS) is 14.4. The first kappa shape index (κ1) is 18.6. The molecule has 1 amide bonds. The summed E-state index contributed by atoms with van der Waals surface area (Å²) in [5.41, 5.74) is 4.68. The van der Waals surface area contributed by atoms with Gasteiger partial charge in [0.1, 0.15) is 5.69 Å². The molecule has 0 N–H and O–H groups in total. The summed E-state index contributed by atoms with van der Waals surface area (Å²) in [6.45, 7) is 7.04. The van der Waals surface area contributed by atoms with Crippen molar-refractivity contribution in [3.05, 3.63) is 76.6 Å². The van der Waals surface area contributed by atoms with Crippen molar-refractivity contribution >= 4 is 23.2 Å². The number of hydrogen-bond donors (Lipinski definition) is 0. The van der Waals surface area contributed by atoms with Crippen LogP contribution in [0.5, 0.6) is 0 Å². The van der Waals surface area contributed by atoms with Crippen LogP contribution in [-0.4, -0.2) is 46.8 Å². The summed E-state index contributed by atoms with van der Waals surface area (Å²) in [4.78, 5) is 17.5. The van der Waals surface area contributed by atoms with Gasteiger partial charge < -0.3 is 9.80 Å². The average Bonchev–Trinajstić information content (AvgIpc) is 3.10. The number of para-hydroxylation sites is 1. The minimum atomic E-state index is 0.00464. The van der Waals surface area contributed by atoms with Crippen molar-refractivity contribution in [2.24, 2.45) is 0 Å². The first-order valence-corrected chi connectivity index (χ1v) is 9.83. The van der Waals surface area contributed by atoms with E-state index >= 15 is 0 Å². The van der Waals surface area contributed by atoms with Crippen LogP contribution < -0.4 is 4.90 Å². The first-order chi connectivity index (χ1) is 13.5. The van der Waals surface area contributed by atoms with Crippen molar-refractivity contribution in [3.63, 3.8) is 0 Å². The Morgan fingerprint density at radius 1 is 0.964 bits per heavy atom. The van der Waals surface area contributed by atoms with E-state index < -0.39 is 0 Å². The van der Waals surface area contributed by atoms with Gasteiger partial charge in [0.15, 0.2) is 0 Å². The van der Waals surface area contributed by atoms with Gasteiger partial charge in [0, 0.05) is 36.9 Å². The van der Waals surface area contributed by atoms with Crippen molar-refractivity contribution in [3.8, 4) is 5.69 Å². The first-order valence-electron chi connectivity index (χ1n) is 9.45. The highest BCUT2D eigenvalue weighted by molar-refractivity contribution is 6.30. The van der Waals surface area contributed by atoms with E-state index in [0.29, 0.717) is 23.8 Å². The van der Waals surface area contributed by atoms with Crippen LogP contribution in [0.2, 0.25) is 5.02 Å². The Hall–Kier alpha value is -2.79. The standard InChI is InChI=1S/C22H23ClN4O/c1-16-6-3-4-9-20(16)25-10-12-26(13-11-25)22(28)21-14-17(2)24-27(21)19-8-5-7-18(23)15-19/h3-9,14-15H,10-13H2,1-2H3. The van der Waals surface area contributed by atoms with E-state index in [-0.39, 0.29) is 5.91 Å². The molecule has 2 aromatic carbocycles. The lowest BCUT2D eigenvalue weighted by molar-refractivity contribution is 0.0737. The molecule has 0 bridgehead atoms. The smallest absolute Gasteiger partial charge is 0.272 e. The zero-order valence-electron chi connectivity index (χ0n) is 16.1. The van der Waals surface area contributed by atoms with Gasteiger partial charge in [-0.1, -0.05) is 35.9 Å². The number of anilines is 1. The number of carbonyl (C=O) groups excluding carboxylic acids is 1. The molecular weight excluding hydrogens is 372 g/mol. The number of piperazine rings is 1. The molecule has 0 radical (unpaired) electrons. The second kappa shape index (κ2) is 7.68. The van der Waals surface area contributed by atoms with Crippen molar-refractivity contribution in [2.75, 3.05) is 31.1 Å². The predicted octanol–water partition coefficient (Wildman–Crippen LogP) is 4.10. The summed E-state index contributed by atoms with van der Waals surface area (Å²) >= 11 is 6.13. The van der Waals surface area contributed by atoms with Crippen LogP contribution in [0.25, 0.3) is 5.69 Å². The van der Waals surface area contributed by atoms with Gasteiger partial charge in [0.2, 0.25) is 0 Å². The van der Waals surface area contributed by atoms with E-state index in [2.05, 4.69) is 41.2 Å². The molecule has 144 valence electrons. The Morgan fingerprint density at radius 3 is 2.43 bits per heavy atom. The van der Waals surface area contributed by atoms with Crippen molar-refractivity contribution in [2.45, 2.75) is 13.8 Å². The zero-order valence-corrected chi connectivity index (χ0v) is 16.9. The zero-order chi connectivity index (χ0) is 19.7. The molecule has 1 saturated heterocycles. The monoisotopic (exact) mass is 394 g/mol. The number of aromatic nitrogens is 2. The summed E-state index contributed by atoms with van der Waals surface area (Å²) in [5.74, 6) is 0.00464. The number of rotatable bonds is 3. The lowest BCUT2D eigenvalue weighted by atomic mass is 10.1. The van der Waals surface area contributed by atoms with Crippen LogP contribution in [0.3, 0.4) is 0 Å². The van der Waals surface area contributed by atoms with E-state index in [1.54, 1.807) is 4.68 Å². The fourth-order valence-corrected chi connectivity index (χ4v) is 3.87. The van der Waals surface area contributed by atoms with E-state index in [1.807, 2.05) is 42.2 Å². The van der Waals surface area contributed by atoms with Gasteiger partial charge in [-0.25, -0.2) is 4.68 Å². The molecule has 1 aliphatic rings. The Balaban J connectivity index is 1.53. The fraction of sp³-hybridized carbons (Fsp3) is 0.273. The Kier molecular flexibility index (Phi) is 5.09. The van der Waals surface area contributed by atoms with Crippen molar-refractivity contribution in [1.29, 1.82) is 0 Å². The van der Waals surface area contributed by atoms with Gasteiger partial charge in [0.05, 0.1) is 11.4 Å². The largest absolute Gasteiger partial charge is 0.368 e. The predicted molar refractivity (Wildman–Crippen MR) is 113 cm³/mol. The second-order valence-corrected chi connectivity index (χ2v) is 7.56.